The number of nitrogens with one attached hydrogen (secondary N) is 1. The fourth-order valence-electron chi connectivity index (χ4n) is 1.75. The molecule has 1 aromatic rings. The van der Waals surface area contributed by atoms with E-state index in [9.17, 15) is 18.0 Å². The molecule has 0 spiro atoms. The van der Waals surface area contributed by atoms with Gasteiger partial charge in [0.2, 0.25) is 5.91 Å². The Morgan fingerprint density at radius 2 is 1.95 bits per heavy atom. The van der Waals surface area contributed by atoms with Crippen LogP contribution in [0, 0.1) is 0 Å². The average molecular weight is 288 g/mol. The van der Waals surface area contributed by atoms with Crippen LogP contribution in [0.3, 0.4) is 0 Å². The van der Waals surface area contributed by atoms with Gasteiger partial charge in [-0.15, -0.1) is 0 Å². The lowest BCUT2D eigenvalue weighted by Crippen LogP contribution is -2.22. The van der Waals surface area contributed by atoms with E-state index in [-0.39, 0.29) is 12.5 Å². The minimum absolute atomic E-state index is 0.111. The molecule has 0 heterocycles. The highest BCUT2D eigenvalue weighted by Crippen LogP contribution is 2.29. The monoisotopic (exact) mass is 288 g/mol. The Morgan fingerprint density at radius 1 is 1.20 bits per heavy atom. The van der Waals surface area contributed by atoms with Crippen LogP contribution in [0.15, 0.2) is 24.3 Å². The van der Waals surface area contributed by atoms with Gasteiger partial charge < -0.3 is 11.1 Å². The minimum atomic E-state index is -4.36. The Morgan fingerprint density at radius 3 is 2.60 bits per heavy atom. The third-order valence-electron chi connectivity index (χ3n) is 2.85. The summed E-state index contributed by atoms with van der Waals surface area (Å²) in [6, 6.07) is 4.96. The van der Waals surface area contributed by atoms with Crippen LogP contribution in [0.25, 0.3) is 0 Å². The third-order valence-corrected chi connectivity index (χ3v) is 2.85. The molecule has 20 heavy (non-hydrogen) atoms. The third kappa shape index (κ3) is 6.06. The highest BCUT2D eigenvalue weighted by atomic mass is 19.4. The normalized spacial score (nSPS) is 11.4. The molecular formula is C14H19F3N2O. The first-order valence-electron chi connectivity index (χ1n) is 6.56. The van der Waals surface area contributed by atoms with E-state index in [1.54, 1.807) is 6.07 Å². The summed E-state index contributed by atoms with van der Waals surface area (Å²) in [5.41, 5.74) is 5.08. The molecule has 0 unspecified atom stereocenters. The van der Waals surface area contributed by atoms with Gasteiger partial charge in [0.15, 0.2) is 0 Å². The second-order valence-electron chi connectivity index (χ2n) is 4.57. The van der Waals surface area contributed by atoms with Crippen LogP contribution >= 0.6 is 0 Å². The van der Waals surface area contributed by atoms with Crippen molar-refractivity contribution in [2.75, 3.05) is 6.54 Å². The molecular weight excluding hydrogens is 269 g/mol. The number of halogens is 3. The van der Waals surface area contributed by atoms with Crippen molar-refractivity contribution >= 4 is 5.91 Å². The summed E-state index contributed by atoms with van der Waals surface area (Å²) in [6.45, 7) is 0.714. The van der Waals surface area contributed by atoms with Crippen molar-refractivity contribution in [3.8, 4) is 0 Å². The lowest BCUT2D eigenvalue weighted by molar-refractivity contribution is -0.137. The number of carbonyl (C=O) groups excluding carboxylic acids is 1. The summed E-state index contributed by atoms with van der Waals surface area (Å²) in [5, 5.41) is 2.62. The van der Waals surface area contributed by atoms with Crippen molar-refractivity contribution in [3.05, 3.63) is 35.4 Å². The van der Waals surface area contributed by atoms with Crippen LogP contribution in [0.4, 0.5) is 13.2 Å². The van der Waals surface area contributed by atoms with Crippen LogP contribution in [-0.2, 0) is 17.5 Å². The molecule has 0 atom stereocenters. The summed E-state index contributed by atoms with van der Waals surface area (Å²) in [7, 11) is 0. The first-order valence-corrected chi connectivity index (χ1v) is 6.56. The minimum Gasteiger partial charge on any atom is -0.352 e. The zero-order valence-corrected chi connectivity index (χ0v) is 11.2. The largest absolute Gasteiger partial charge is 0.416 e. The van der Waals surface area contributed by atoms with E-state index in [1.807, 2.05) is 0 Å². The first-order chi connectivity index (χ1) is 9.43. The van der Waals surface area contributed by atoms with Gasteiger partial charge in [-0.05, 0) is 37.1 Å². The first kappa shape index (κ1) is 16.5. The Hall–Kier alpha value is -1.56. The summed E-state index contributed by atoms with van der Waals surface area (Å²) < 4.78 is 37.5. The highest BCUT2D eigenvalue weighted by molar-refractivity contribution is 5.75. The summed E-state index contributed by atoms with van der Waals surface area (Å²) in [5.74, 6) is -0.153. The van der Waals surface area contributed by atoms with Gasteiger partial charge >= 0.3 is 6.18 Å². The smallest absolute Gasteiger partial charge is 0.352 e. The van der Waals surface area contributed by atoms with Crippen LogP contribution in [-0.4, -0.2) is 12.5 Å². The van der Waals surface area contributed by atoms with E-state index in [4.69, 9.17) is 5.73 Å². The van der Waals surface area contributed by atoms with Crippen molar-refractivity contribution < 1.29 is 18.0 Å². The highest BCUT2D eigenvalue weighted by Gasteiger charge is 2.30. The van der Waals surface area contributed by atoms with Crippen molar-refractivity contribution in [1.82, 2.24) is 5.32 Å². The number of amides is 1. The molecule has 3 N–H and O–H groups in total. The Bertz CT molecular complexity index is 433. The predicted octanol–water partition coefficient (Wildman–Crippen LogP) is 2.84. The van der Waals surface area contributed by atoms with Crippen LogP contribution < -0.4 is 11.1 Å². The van der Waals surface area contributed by atoms with Gasteiger partial charge in [-0.3, -0.25) is 4.79 Å². The van der Waals surface area contributed by atoms with Crippen LogP contribution in [0.1, 0.15) is 36.8 Å². The average Bonchev–Trinajstić information content (AvgIpc) is 2.41. The van der Waals surface area contributed by atoms with E-state index in [2.05, 4.69) is 5.32 Å². The molecule has 1 aromatic carbocycles. The fourth-order valence-corrected chi connectivity index (χ4v) is 1.75. The van der Waals surface area contributed by atoms with Gasteiger partial charge in [0.05, 0.1) is 5.56 Å². The van der Waals surface area contributed by atoms with E-state index in [1.165, 1.54) is 6.07 Å². The maximum atomic E-state index is 12.5. The van der Waals surface area contributed by atoms with Crippen LogP contribution in [0.2, 0.25) is 0 Å². The molecule has 0 aliphatic heterocycles. The van der Waals surface area contributed by atoms with Crippen molar-refractivity contribution in [2.45, 2.75) is 38.4 Å². The predicted molar refractivity (Wildman–Crippen MR) is 70.8 cm³/mol. The molecule has 0 radical (unpaired) electrons. The van der Waals surface area contributed by atoms with Gasteiger partial charge in [0.25, 0.3) is 0 Å². The fraction of sp³-hybridized carbons (Fsp3) is 0.500. The summed E-state index contributed by atoms with van der Waals surface area (Å²) in [6.07, 6.45) is -1.48. The number of hydrogen-bond acceptors (Lipinski definition) is 2. The summed E-state index contributed by atoms with van der Waals surface area (Å²) in [4.78, 5) is 11.5. The second-order valence-corrected chi connectivity index (χ2v) is 4.57. The van der Waals surface area contributed by atoms with E-state index < -0.39 is 11.7 Å². The molecule has 0 aromatic heterocycles. The second kappa shape index (κ2) is 7.89. The number of alkyl halides is 3. The van der Waals surface area contributed by atoms with Gasteiger partial charge in [-0.2, -0.15) is 13.2 Å². The van der Waals surface area contributed by atoms with Gasteiger partial charge in [-0.25, -0.2) is 0 Å². The van der Waals surface area contributed by atoms with Crippen molar-refractivity contribution in [3.63, 3.8) is 0 Å². The molecule has 0 saturated heterocycles. The Kier molecular flexibility index (Phi) is 6.51. The molecule has 112 valence electrons. The Labute approximate surface area is 116 Å². The number of unbranched alkanes of at least 4 members (excludes halogenated alkanes) is 2. The van der Waals surface area contributed by atoms with E-state index in [0.29, 0.717) is 18.5 Å². The van der Waals surface area contributed by atoms with Gasteiger partial charge in [-0.1, -0.05) is 18.6 Å². The standard InChI is InChI=1S/C14H19F3N2O/c15-14(16,17)12-6-4-5-11(9-12)10-19-13(20)7-2-1-3-8-18/h4-6,9H,1-3,7-8,10,18H2,(H,19,20). The molecule has 3 nitrogen and oxygen atoms in total. The molecule has 0 bridgehead atoms. The number of benzene rings is 1. The zero-order chi connectivity index (χ0) is 15.0. The van der Waals surface area contributed by atoms with Crippen molar-refractivity contribution in [1.29, 1.82) is 0 Å². The SMILES string of the molecule is NCCCCCC(=O)NCc1cccc(C(F)(F)F)c1. The molecule has 6 heteroatoms. The lowest BCUT2D eigenvalue weighted by Gasteiger charge is -2.09. The number of carbonyl (C=O) groups is 1. The molecule has 1 amide bonds. The molecule has 0 fully saturated rings. The molecule has 0 aliphatic rings. The van der Waals surface area contributed by atoms with E-state index >= 15 is 0 Å². The van der Waals surface area contributed by atoms with Crippen LogP contribution in [0.5, 0.6) is 0 Å². The van der Waals surface area contributed by atoms with Gasteiger partial charge in [0.1, 0.15) is 0 Å². The Balaban J connectivity index is 2.40. The number of hydrogen-bond donors (Lipinski definition) is 2. The number of nitrogens with two attached hydrogens (primary N) is 1. The maximum Gasteiger partial charge on any atom is 0.416 e. The molecule has 0 saturated carbocycles. The topological polar surface area (TPSA) is 55.1 Å². The van der Waals surface area contributed by atoms with Crippen molar-refractivity contribution in [2.24, 2.45) is 5.73 Å². The van der Waals surface area contributed by atoms with Gasteiger partial charge in [0, 0.05) is 13.0 Å². The number of rotatable bonds is 7. The summed E-state index contributed by atoms with van der Waals surface area (Å²) >= 11 is 0. The van der Waals surface area contributed by atoms with E-state index in [0.717, 1.165) is 31.4 Å². The molecule has 0 aliphatic carbocycles. The quantitative estimate of drug-likeness (QED) is 0.758. The maximum absolute atomic E-state index is 12.5. The zero-order valence-electron chi connectivity index (χ0n) is 11.2. The lowest BCUT2D eigenvalue weighted by atomic mass is 10.1. The molecule has 1 rings (SSSR count).